The van der Waals surface area contributed by atoms with E-state index in [-0.39, 0.29) is 5.78 Å². The van der Waals surface area contributed by atoms with Crippen LogP contribution in [-0.2, 0) is 13.6 Å². The van der Waals surface area contributed by atoms with E-state index in [1.54, 1.807) is 6.26 Å². The van der Waals surface area contributed by atoms with Crippen molar-refractivity contribution in [3.63, 3.8) is 0 Å². The van der Waals surface area contributed by atoms with E-state index in [9.17, 15) is 4.79 Å². The maximum atomic E-state index is 12.4. The number of hydrogen-bond donors (Lipinski definition) is 0. The summed E-state index contributed by atoms with van der Waals surface area (Å²) in [7, 11) is 1.87. The molecule has 0 aliphatic carbocycles. The zero-order valence-corrected chi connectivity index (χ0v) is 14.8. The lowest BCUT2D eigenvalue weighted by Gasteiger charge is -2.11. The quantitative estimate of drug-likeness (QED) is 0.485. The summed E-state index contributed by atoms with van der Waals surface area (Å²) in [6.07, 6.45) is 3.49. The molecule has 0 bridgehead atoms. The van der Waals surface area contributed by atoms with Crippen LogP contribution in [0.2, 0.25) is 0 Å². The molecule has 3 aromatic heterocycles. The van der Waals surface area contributed by atoms with E-state index >= 15 is 0 Å². The van der Waals surface area contributed by atoms with Crippen LogP contribution in [0.5, 0.6) is 0 Å². The van der Waals surface area contributed by atoms with Crippen LogP contribution >= 0.6 is 11.8 Å². The fourth-order valence-electron chi connectivity index (χ4n) is 2.47. The first-order valence-corrected chi connectivity index (χ1v) is 8.79. The second-order valence-electron chi connectivity index (χ2n) is 6.00. The van der Waals surface area contributed by atoms with Crippen molar-refractivity contribution in [3.8, 4) is 11.6 Å². The van der Waals surface area contributed by atoms with Crippen LogP contribution in [0.3, 0.4) is 0 Å². The number of furan rings is 1. The van der Waals surface area contributed by atoms with E-state index in [0.29, 0.717) is 28.9 Å². The Hall–Kier alpha value is -2.28. The first-order valence-electron chi connectivity index (χ1n) is 7.80. The summed E-state index contributed by atoms with van der Waals surface area (Å²) in [6, 6.07) is 7.39. The zero-order valence-electron chi connectivity index (χ0n) is 14.0. The molecule has 0 atom stereocenters. The molecule has 0 saturated carbocycles. The number of carbonyl (C=O) groups is 1. The molecule has 6 nitrogen and oxygen atoms in total. The Kier molecular flexibility index (Phi) is 4.89. The van der Waals surface area contributed by atoms with Crippen molar-refractivity contribution in [2.45, 2.75) is 25.5 Å². The highest BCUT2D eigenvalue weighted by atomic mass is 32.2. The molecule has 0 unspecified atom stereocenters. The third-order valence-electron chi connectivity index (χ3n) is 3.57. The van der Waals surface area contributed by atoms with Crippen molar-refractivity contribution in [1.82, 2.24) is 19.3 Å². The van der Waals surface area contributed by atoms with Gasteiger partial charge in [-0.15, -0.1) is 10.2 Å². The van der Waals surface area contributed by atoms with Gasteiger partial charge in [-0.3, -0.25) is 9.36 Å². The molecule has 3 rings (SSSR count). The Morgan fingerprint density at radius 1 is 1.29 bits per heavy atom. The van der Waals surface area contributed by atoms with Gasteiger partial charge >= 0.3 is 0 Å². The summed E-state index contributed by atoms with van der Waals surface area (Å²) in [4.78, 5) is 12.4. The van der Waals surface area contributed by atoms with E-state index in [1.807, 2.05) is 46.6 Å². The van der Waals surface area contributed by atoms with Gasteiger partial charge in [-0.1, -0.05) is 25.6 Å². The van der Waals surface area contributed by atoms with Gasteiger partial charge in [0.2, 0.25) is 0 Å². The molecule has 0 fully saturated rings. The van der Waals surface area contributed by atoms with Crippen molar-refractivity contribution < 1.29 is 9.21 Å². The minimum Gasteiger partial charge on any atom is -0.461 e. The lowest BCUT2D eigenvalue weighted by atomic mass is 10.2. The van der Waals surface area contributed by atoms with Crippen molar-refractivity contribution in [3.05, 3.63) is 42.4 Å². The van der Waals surface area contributed by atoms with Crippen molar-refractivity contribution >= 4 is 17.5 Å². The number of ketones is 1. The number of aryl methyl sites for hydroxylation is 1. The van der Waals surface area contributed by atoms with Crippen LogP contribution in [-0.4, -0.2) is 30.9 Å². The molecule has 0 aromatic carbocycles. The van der Waals surface area contributed by atoms with Gasteiger partial charge in [-0.05, 0) is 30.2 Å². The van der Waals surface area contributed by atoms with Gasteiger partial charge in [0.05, 0.1) is 17.7 Å². The zero-order chi connectivity index (χ0) is 17.1. The minimum absolute atomic E-state index is 0.0751. The molecule has 0 saturated heterocycles. The highest BCUT2D eigenvalue weighted by molar-refractivity contribution is 7.99. The van der Waals surface area contributed by atoms with Gasteiger partial charge in [-0.2, -0.15) is 0 Å². The SMILES string of the molecule is CC(C)Cn1c(SCC(=O)c2cccn2C)nnc1-c1ccco1. The maximum Gasteiger partial charge on any atom is 0.200 e. The lowest BCUT2D eigenvalue weighted by molar-refractivity contribution is 0.101. The van der Waals surface area contributed by atoms with Crippen LogP contribution in [0.15, 0.2) is 46.3 Å². The van der Waals surface area contributed by atoms with Crippen molar-refractivity contribution in [2.75, 3.05) is 5.75 Å². The van der Waals surface area contributed by atoms with Gasteiger partial charge in [0, 0.05) is 19.8 Å². The average Bonchev–Trinajstić information content (AvgIpc) is 3.25. The molecule has 24 heavy (non-hydrogen) atoms. The Bertz CT molecular complexity index is 818. The summed E-state index contributed by atoms with van der Waals surface area (Å²) < 4.78 is 9.30. The number of carbonyl (C=O) groups excluding carboxylic acids is 1. The molecule has 0 amide bonds. The fraction of sp³-hybridized carbons (Fsp3) is 0.353. The van der Waals surface area contributed by atoms with Crippen LogP contribution in [0.4, 0.5) is 0 Å². The molecule has 0 radical (unpaired) electrons. The average molecular weight is 344 g/mol. The van der Waals surface area contributed by atoms with Gasteiger partial charge in [0.1, 0.15) is 0 Å². The molecular formula is C17H20N4O2S. The smallest absolute Gasteiger partial charge is 0.200 e. The molecular weight excluding hydrogens is 324 g/mol. The number of Topliss-reactive ketones (excluding diaryl/α,β-unsaturated/α-hetero) is 1. The van der Waals surface area contributed by atoms with E-state index in [2.05, 4.69) is 24.0 Å². The predicted molar refractivity (Wildman–Crippen MR) is 93.0 cm³/mol. The molecule has 3 aromatic rings. The van der Waals surface area contributed by atoms with E-state index in [1.165, 1.54) is 11.8 Å². The van der Waals surface area contributed by atoms with Crippen molar-refractivity contribution in [2.24, 2.45) is 13.0 Å². The third kappa shape index (κ3) is 3.46. The lowest BCUT2D eigenvalue weighted by Crippen LogP contribution is -2.10. The molecule has 3 heterocycles. The summed E-state index contributed by atoms with van der Waals surface area (Å²) >= 11 is 1.41. The Morgan fingerprint density at radius 3 is 2.75 bits per heavy atom. The van der Waals surface area contributed by atoms with Crippen LogP contribution in [0.1, 0.15) is 24.3 Å². The Labute approximate surface area is 144 Å². The normalized spacial score (nSPS) is 11.3. The Balaban J connectivity index is 1.80. The summed E-state index contributed by atoms with van der Waals surface area (Å²) in [5.74, 6) is 2.21. The molecule has 126 valence electrons. The van der Waals surface area contributed by atoms with Gasteiger partial charge < -0.3 is 8.98 Å². The molecule has 0 N–H and O–H groups in total. The van der Waals surface area contributed by atoms with E-state index in [4.69, 9.17) is 4.42 Å². The van der Waals surface area contributed by atoms with E-state index < -0.39 is 0 Å². The van der Waals surface area contributed by atoms with Gasteiger partial charge in [0.25, 0.3) is 0 Å². The number of hydrogen-bond acceptors (Lipinski definition) is 5. The van der Waals surface area contributed by atoms with Gasteiger partial charge in [0.15, 0.2) is 22.5 Å². The molecule has 0 spiro atoms. The highest BCUT2D eigenvalue weighted by Crippen LogP contribution is 2.26. The highest BCUT2D eigenvalue weighted by Gasteiger charge is 2.19. The number of rotatable bonds is 7. The largest absolute Gasteiger partial charge is 0.461 e. The fourth-order valence-corrected chi connectivity index (χ4v) is 3.29. The summed E-state index contributed by atoms with van der Waals surface area (Å²) in [5, 5.41) is 9.24. The third-order valence-corrected chi connectivity index (χ3v) is 4.53. The van der Waals surface area contributed by atoms with Gasteiger partial charge in [-0.25, -0.2) is 0 Å². The standard InChI is InChI=1S/C17H20N4O2S/c1-12(2)10-21-16(15-7-5-9-23-15)18-19-17(21)24-11-14(22)13-6-4-8-20(13)3/h4-9,12H,10-11H2,1-3H3. The van der Waals surface area contributed by atoms with Crippen LogP contribution in [0.25, 0.3) is 11.6 Å². The Morgan fingerprint density at radius 2 is 2.12 bits per heavy atom. The minimum atomic E-state index is 0.0751. The van der Waals surface area contributed by atoms with Crippen molar-refractivity contribution in [1.29, 1.82) is 0 Å². The number of nitrogens with zero attached hydrogens (tertiary/aromatic N) is 4. The number of thioether (sulfide) groups is 1. The summed E-state index contributed by atoms with van der Waals surface area (Å²) in [5.41, 5.74) is 0.698. The summed E-state index contributed by atoms with van der Waals surface area (Å²) in [6.45, 7) is 5.04. The second kappa shape index (κ2) is 7.09. The first-order chi connectivity index (χ1) is 11.6. The molecule has 0 aliphatic heterocycles. The molecule has 7 heteroatoms. The van der Waals surface area contributed by atoms with E-state index in [0.717, 1.165) is 11.7 Å². The topological polar surface area (TPSA) is 65.8 Å². The predicted octanol–water partition coefficient (Wildman–Crippen LogP) is 3.51. The first kappa shape index (κ1) is 16.6. The molecule has 0 aliphatic rings. The van der Waals surface area contributed by atoms with Crippen LogP contribution in [0, 0.1) is 5.92 Å². The second-order valence-corrected chi connectivity index (χ2v) is 6.95. The van der Waals surface area contributed by atoms with Crippen LogP contribution < -0.4 is 0 Å². The maximum absolute atomic E-state index is 12.4. The number of aromatic nitrogens is 4. The monoisotopic (exact) mass is 344 g/mol.